The Morgan fingerprint density at radius 1 is 1.29 bits per heavy atom. The van der Waals surface area contributed by atoms with Crippen LogP contribution in [-0.2, 0) is 18.4 Å². The summed E-state index contributed by atoms with van der Waals surface area (Å²) < 4.78 is 16.2. The molecule has 1 aliphatic heterocycles. The number of aromatic nitrogens is 2. The van der Waals surface area contributed by atoms with Crippen molar-refractivity contribution in [2.75, 3.05) is 6.54 Å². The van der Waals surface area contributed by atoms with Crippen molar-refractivity contribution >= 4 is 0 Å². The molecule has 0 amide bonds. The van der Waals surface area contributed by atoms with Crippen LogP contribution in [0, 0.1) is 12.7 Å². The van der Waals surface area contributed by atoms with Gasteiger partial charge in [-0.05, 0) is 19.1 Å². The fraction of sp³-hybridized carbons (Fsp3) is 0.471. The van der Waals surface area contributed by atoms with Crippen molar-refractivity contribution in [3.8, 4) is 5.69 Å². The van der Waals surface area contributed by atoms with Gasteiger partial charge in [0.1, 0.15) is 11.6 Å². The summed E-state index contributed by atoms with van der Waals surface area (Å²) in [4.78, 5) is 4.85. The van der Waals surface area contributed by atoms with Crippen LogP contribution < -0.4 is 5.32 Å². The van der Waals surface area contributed by atoms with Gasteiger partial charge in [-0.2, -0.15) is 0 Å². The molecule has 2 heterocycles. The number of nitrogens with zero attached hydrogens (tertiary/aromatic N) is 2. The van der Waals surface area contributed by atoms with Gasteiger partial charge in [-0.25, -0.2) is 9.37 Å². The highest BCUT2D eigenvalue weighted by Gasteiger charge is 2.28. The van der Waals surface area contributed by atoms with Gasteiger partial charge in [-0.3, -0.25) is 4.57 Å². The second-order valence-corrected chi connectivity index (χ2v) is 6.72. The quantitative estimate of drug-likeness (QED) is 0.872. The molecule has 0 radical (unpaired) electrons. The number of nitrogens with one attached hydrogen (secondary N) is 1. The summed E-state index contributed by atoms with van der Waals surface area (Å²) in [5.74, 6) is 0.841. The van der Waals surface area contributed by atoms with E-state index >= 15 is 0 Å². The maximum Gasteiger partial charge on any atom is 0.128 e. The van der Waals surface area contributed by atoms with Crippen molar-refractivity contribution in [3.05, 3.63) is 46.8 Å². The first kappa shape index (κ1) is 14.3. The number of imidazole rings is 1. The molecule has 2 aromatic rings. The van der Waals surface area contributed by atoms with Crippen LogP contribution in [0.4, 0.5) is 4.39 Å². The van der Waals surface area contributed by atoms with E-state index in [2.05, 4.69) is 30.7 Å². The van der Waals surface area contributed by atoms with Gasteiger partial charge < -0.3 is 5.32 Å². The molecule has 0 spiro atoms. The second-order valence-electron chi connectivity index (χ2n) is 6.72. The minimum Gasteiger partial charge on any atom is -0.311 e. The van der Waals surface area contributed by atoms with Gasteiger partial charge >= 0.3 is 0 Å². The van der Waals surface area contributed by atoms with Crippen LogP contribution in [0.15, 0.2) is 18.2 Å². The van der Waals surface area contributed by atoms with Gasteiger partial charge in [0.2, 0.25) is 0 Å². The van der Waals surface area contributed by atoms with Gasteiger partial charge in [0.05, 0.1) is 11.4 Å². The average Bonchev–Trinajstić information content (AvgIpc) is 2.81. The minimum atomic E-state index is -0.163. The Morgan fingerprint density at radius 2 is 2.05 bits per heavy atom. The highest BCUT2D eigenvalue weighted by atomic mass is 19.1. The van der Waals surface area contributed by atoms with Crippen LogP contribution in [0.25, 0.3) is 5.69 Å². The molecule has 1 N–H and O–H groups in total. The average molecular weight is 287 g/mol. The molecule has 3 rings (SSSR count). The van der Waals surface area contributed by atoms with Gasteiger partial charge in [0.15, 0.2) is 0 Å². The van der Waals surface area contributed by atoms with Gasteiger partial charge in [0, 0.05) is 36.2 Å². The molecule has 0 saturated carbocycles. The van der Waals surface area contributed by atoms with E-state index in [1.807, 2.05) is 13.0 Å². The molecule has 4 heteroatoms. The Morgan fingerprint density at radius 3 is 2.76 bits per heavy atom. The van der Waals surface area contributed by atoms with Crippen LogP contribution in [0.5, 0.6) is 0 Å². The number of rotatable bonds is 1. The third-order valence-electron chi connectivity index (χ3n) is 4.04. The molecule has 0 atom stereocenters. The van der Waals surface area contributed by atoms with Crippen molar-refractivity contribution in [2.24, 2.45) is 0 Å². The van der Waals surface area contributed by atoms with E-state index in [4.69, 9.17) is 4.98 Å². The maximum absolute atomic E-state index is 14.0. The fourth-order valence-corrected chi connectivity index (χ4v) is 2.91. The number of benzene rings is 1. The Balaban J connectivity index is 2.30. The van der Waals surface area contributed by atoms with Crippen LogP contribution in [-0.4, -0.2) is 16.1 Å². The first-order valence-electron chi connectivity index (χ1n) is 7.47. The monoisotopic (exact) mass is 287 g/mol. The Bertz CT molecular complexity index is 680. The van der Waals surface area contributed by atoms with E-state index in [1.54, 1.807) is 6.07 Å². The lowest BCUT2D eigenvalue weighted by molar-refractivity contribution is 0.531. The molecule has 112 valence electrons. The van der Waals surface area contributed by atoms with Crippen molar-refractivity contribution in [1.29, 1.82) is 0 Å². The Hall–Kier alpha value is -1.68. The molecule has 0 fully saturated rings. The Kier molecular flexibility index (Phi) is 3.36. The summed E-state index contributed by atoms with van der Waals surface area (Å²) >= 11 is 0. The molecule has 1 aromatic carbocycles. The van der Waals surface area contributed by atoms with E-state index < -0.39 is 0 Å². The maximum atomic E-state index is 14.0. The van der Waals surface area contributed by atoms with E-state index in [1.165, 1.54) is 11.8 Å². The molecule has 0 aliphatic carbocycles. The van der Waals surface area contributed by atoms with Crippen LogP contribution in [0.1, 0.15) is 43.5 Å². The van der Waals surface area contributed by atoms with Gasteiger partial charge in [0.25, 0.3) is 0 Å². The first-order chi connectivity index (χ1) is 9.89. The lowest BCUT2D eigenvalue weighted by Gasteiger charge is -2.23. The summed E-state index contributed by atoms with van der Waals surface area (Å²) in [5, 5.41) is 3.36. The van der Waals surface area contributed by atoms with Crippen LogP contribution >= 0.6 is 0 Å². The van der Waals surface area contributed by atoms with Crippen molar-refractivity contribution < 1.29 is 4.39 Å². The molecule has 1 aliphatic rings. The van der Waals surface area contributed by atoms with Gasteiger partial charge in [-0.15, -0.1) is 0 Å². The second kappa shape index (κ2) is 4.95. The van der Waals surface area contributed by atoms with E-state index in [0.717, 1.165) is 36.7 Å². The normalized spacial score (nSPS) is 15.1. The number of halogens is 1. The summed E-state index contributed by atoms with van der Waals surface area (Å²) in [7, 11) is 0. The summed E-state index contributed by atoms with van der Waals surface area (Å²) in [6.45, 7) is 10.0. The molecule has 1 aromatic heterocycles. The Labute approximate surface area is 125 Å². The van der Waals surface area contributed by atoms with Crippen molar-refractivity contribution in [3.63, 3.8) is 0 Å². The number of fused-ring (bicyclic) bond motifs is 1. The lowest BCUT2D eigenvalue weighted by Crippen LogP contribution is -2.25. The van der Waals surface area contributed by atoms with Crippen LogP contribution in [0.2, 0.25) is 0 Å². The molecule has 0 saturated heterocycles. The summed E-state index contributed by atoms with van der Waals surface area (Å²) in [6, 6.07) is 5.27. The van der Waals surface area contributed by atoms with E-state index in [0.29, 0.717) is 5.56 Å². The summed E-state index contributed by atoms with van der Waals surface area (Å²) in [6.07, 6.45) is 0.925. The SMILES string of the molecule is Cc1c(F)cccc1-n1c(C(C)(C)C)nc2c1CCNC2. The lowest BCUT2D eigenvalue weighted by atomic mass is 9.95. The van der Waals surface area contributed by atoms with Gasteiger partial charge in [-0.1, -0.05) is 26.8 Å². The molecule has 0 bridgehead atoms. The minimum absolute atomic E-state index is 0.0872. The zero-order valence-electron chi connectivity index (χ0n) is 13.1. The van der Waals surface area contributed by atoms with Crippen molar-refractivity contribution in [2.45, 2.75) is 46.1 Å². The van der Waals surface area contributed by atoms with Crippen LogP contribution in [0.3, 0.4) is 0 Å². The number of hydrogen-bond acceptors (Lipinski definition) is 2. The molecular weight excluding hydrogens is 265 g/mol. The molecule has 3 nitrogen and oxygen atoms in total. The van der Waals surface area contributed by atoms with E-state index in [9.17, 15) is 4.39 Å². The first-order valence-corrected chi connectivity index (χ1v) is 7.47. The molecular formula is C17H22FN3. The number of hydrogen-bond donors (Lipinski definition) is 1. The fourth-order valence-electron chi connectivity index (χ4n) is 2.91. The molecule has 21 heavy (non-hydrogen) atoms. The predicted octanol–water partition coefficient (Wildman–Crippen LogP) is 3.26. The topological polar surface area (TPSA) is 29.9 Å². The van der Waals surface area contributed by atoms with E-state index in [-0.39, 0.29) is 11.2 Å². The highest BCUT2D eigenvalue weighted by molar-refractivity contribution is 5.46. The highest BCUT2D eigenvalue weighted by Crippen LogP contribution is 2.31. The molecule has 0 unspecified atom stereocenters. The third-order valence-corrected chi connectivity index (χ3v) is 4.04. The standard InChI is InChI=1S/C17H22FN3/c1-11-12(18)6-5-7-14(11)21-15-8-9-19-10-13(15)20-16(21)17(2,3)4/h5-7,19H,8-10H2,1-4H3. The largest absolute Gasteiger partial charge is 0.311 e. The zero-order chi connectivity index (χ0) is 15.2. The van der Waals surface area contributed by atoms with Crippen molar-refractivity contribution in [1.82, 2.24) is 14.9 Å². The smallest absolute Gasteiger partial charge is 0.128 e. The summed E-state index contributed by atoms with van der Waals surface area (Å²) in [5.41, 5.74) is 3.82. The zero-order valence-corrected chi connectivity index (χ0v) is 13.1. The predicted molar refractivity (Wildman–Crippen MR) is 82.4 cm³/mol. The third kappa shape index (κ3) is 2.38.